The van der Waals surface area contributed by atoms with Crippen LogP contribution < -0.4 is 11.1 Å². The Balaban J connectivity index is 2.21. The number of nitrogens with two attached hydrogens (primary N) is 1. The van der Waals surface area contributed by atoms with Crippen LogP contribution in [-0.4, -0.2) is 6.54 Å². The molecule has 0 fully saturated rings. The highest BCUT2D eigenvalue weighted by Crippen LogP contribution is 2.26. The number of thiophene rings is 1. The van der Waals surface area contributed by atoms with Crippen molar-refractivity contribution >= 4 is 28.6 Å². The van der Waals surface area contributed by atoms with E-state index in [1.54, 1.807) is 11.3 Å². The Labute approximate surface area is 110 Å². The van der Waals surface area contributed by atoms with Gasteiger partial charge in [-0.2, -0.15) is 0 Å². The third-order valence-electron chi connectivity index (χ3n) is 2.65. The maximum absolute atomic E-state index is 6.00. The van der Waals surface area contributed by atoms with Gasteiger partial charge in [-0.25, -0.2) is 0 Å². The van der Waals surface area contributed by atoms with E-state index in [0.717, 1.165) is 10.7 Å². The fourth-order valence-corrected chi connectivity index (χ4v) is 2.64. The highest BCUT2D eigenvalue weighted by Gasteiger charge is 2.11. The van der Waals surface area contributed by atoms with Crippen molar-refractivity contribution in [3.63, 3.8) is 0 Å². The van der Waals surface area contributed by atoms with Crippen LogP contribution in [0.1, 0.15) is 16.5 Å². The fraction of sp³-hybridized carbons (Fsp3) is 0.231. The average Bonchev–Trinajstić information content (AvgIpc) is 2.84. The first-order valence-electron chi connectivity index (χ1n) is 5.47. The minimum atomic E-state index is 0.146. The van der Waals surface area contributed by atoms with Gasteiger partial charge in [0.05, 0.1) is 6.04 Å². The summed E-state index contributed by atoms with van der Waals surface area (Å²) in [6, 6.07) is 10.1. The molecule has 1 heterocycles. The third-order valence-corrected chi connectivity index (χ3v) is 3.87. The molecule has 0 saturated carbocycles. The molecule has 3 N–H and O–H groups in total. The molecule has 2 nitrogen and oxygen atoms in total. The maximum atomic E-state index is 6.00. The molecule has 1 aromatic heterocycles. The van der Waals surface area contributed by atoms with Crippen LogP contribution in [0.3, 0.4) is 0 Å². The molecule has 2 aromatic rings. The first-order chi connectivity index (χ1) is 8.20. The number of aryl methyl sites for hydroxylation is 1. The summed E-state index contributed by atoms with van der Waals surface area (Å²) in [7, 11) is 0. The lowest BCUT2D eigenvalue weighted by Gasteiger charge is -2.18. The summed E-state index contributed by atoms with van der Waals surface area (Å²) < 4.78 is 0. The van der Waals surface area contributed by atoms with Crippen molar-refractivity contribution in [2.75, 3.05) is 11.9 Å². The molecular formula is C13H15ClN2S. The molecular weight excluding hydrogens is 252 g/mol. The van der Waals surface area contributed by atoms with Crippen LogP contribution in [0.2, 0.25) is 5.02 Å². The van der Waals surface area contributed by atoms with Crippen LogP contribution in [0.4, 0.5) is 5.69 Å². The molecule has 4 heteroatoms. The van der Waals surface area contributed by atoms with Gasteiger partial charge in [-0.1, -0.05) is 23.7 Å². The summed E-state index contributed by atoms with van der Waals surface area (Å²) in [5, 5.41) is 6.24. The summed E-state index contributed by atoms with van der Waals surface area (Å²) in [4.78, 5) is 1.24. The van der Waals surface area contributed by atoms with Crippen molar-refractivity contribution < 1.29 is 0 Å². The molecule has 90 valence electrons. The zero-order chi connectivity index (χ0) is 12.3. The Morgan fingerprint density at radius 1 is 1.41 bits per heavy atom. The number of rotatable bonds is 4. The van der Waals surface area contributed by atoms with E-state index in [2.05, 4.69) is 23.7 Å². The lowest BCUT2D eigenvalue weighted by molar-refractivity contribution is 0.805. The van der Waals surface area contributed by atoms with E-state index < -0.39 is 0 Å². The van der Waals surface area contributed by atoms with E-state index in [1.165, 1.54) is 10.4 Å². The largest absolute Gasteiger partial charge is 0.376 e. The summed E-state index contributed by atoms with van der Waals surface area (Å²) in [6.45, 7) is 2.62. The minimum Gasteiger partial charge on any atom is -0.376 e. The Bertz CT molecular complexity index is 482. The molecule has 0 spiro atoms. The molecule has 1 aromatic carbocycles. The van der Waals surface area contributed by atoms with E-state index >= 15 is 0 Å². The standard InChI is InChI=1S/C13H15ClN2S/c1-9-4-5-10(14)7-11(9)16-12(8-15)13-3-2-6-17-13/h2-7,12,16H,8,15H2,1H3. The molecule has 0 aliphatic carbocycles. The SMILES string of the molecule is Cc1ccc(Cl)cc1NC(CN)c1cccs1. The molecule has 0 aliphatic rings. The van der Waals surface area contributed by atoms with Crippen LogP contribution in [0.25, 0.3) is 0 Å². The Morgan fingerprint density at radius 3 is 2.88 bits per heavy atom. The normalized spacial score (nSPS) is 12.4. The predicted octanol–water partition coefficient (Wildman–Crippen LogP) is 3.82. The lowest BCUT2D eigenvalue weighted by Crippen LogP contribution is -2.20. The van der Waals surface area contributed by atoms with Crippen molar-refractivity contribution in [1.82, 2.24) is 0 Å². The van der Waals surface area contributed by atoms with Gasteiger partial charge in [0.2, 0.25) is 0 Å². The number of hydrogen-bond donors (Lipinski definition) is 2. The van der Waals surface area contributed by atoms with Gasteiger partial charge in [0.1, 0.15) is 0 Å². The summed E-state index contributed by atoms with van der Waals surface area (Å²) in [5.41, 5.74) is 8.02. The molecule has 0 radical (unpaired) electrons. The smallest absolute Gasteiger partial charge is 0.0728 e. The Kier molecular flexibility index (Phi) is 4.05. The second kappa shape index (κ2) is 5.54. The molecule has 0 aliphatic heterocycles. The van der Waals surface area contributed by atoms with Crippen LogP contribution >= 0.6 is 22.9 Å². The minimum absolute atomic E-state index is 0.146. The van der Waals surface area contributed by atoms with Gasteiger partial charge in [0.15, 0.2) is 0 Å². The number of benzene rings is 1. The number of halogens is 1. The zero-order valence-corrected chi connectivity index (χ0v) is 11.2. The van der Waals surface area contributed by atoms with Crippen molar-refractivity contribution in [2.24, 2.45) is 5.73 Å². The number of anilines is 1. The molecule has 0 saturated heterocycles. The highest BCUT2D eigenvalue weighted by atomic mass is 35.5. The van der Waals surface area contributed by atoms with Crippen LogP contribution in [-0.2, 0) is 0 Å². The summed E-state index contributed by atoms with van der Waals surface area (Å²) in [5.74, 6) is 0. The van der Waals surface area contributed by atoms with Crippen molar-refractivity contribution in [3.05, 3.63) is 51.2 Å². The van der Waals surface area contributed by atoms with Gasteiger partial charge >= 0.3 is 0 Å². The second-order valence-corrected chi connectivity index (χ2v) is 5.32. The topological polar surface area (TPSA) is 38.0 Å². The van der Waals surface area contributed by atoms with Crippen molar-refractivity contribution in [2.45, 2.75) is 13.0 Å². The summed E-state index contributed by atoms with van der Waals surface area (Å²) >= 11 is 7.71. The molecule has 17 heavy (non-hydrogen) atoms. The van der Waals surface area contributed by atoms with E-state index in [9.17, 15) is 0 Å². The average molecular weight is 267 g/mol. The van der Waals surface area contributed by atoms with E-state index in [1.807, 2.05) is 24.3 Å². The van der Waals surface area contributed by atoms with Crippen molar-refractivity contribution in [3.8, 4) is 0 Å². The predicted molar refractivity (Wildman–Crippen MR) is 75.9 cm³/mol. The van der Waals surface area contributed by atoms with E-state index in [0.29, 0.717) is 6.54 Å². The third kappa shape index (κ3) is 3.00. The van der Waals surface area contributed by atoms with Gasteiger partial charge < -0.3 is 11.1 Å². The highest BCUT2D eigenvalue weighted by molar-refractivity contribution is 7.10. The van der Waals surface area contributed by atoms with E-state index in [-0.39, 0.29) is 6.04 Å². The number of hydrogen-bond acceptors (Lipinski definition) is 3. The van der Waals surface area contributed by atoms with Crippen LogP contribution in [0.15, 0.2) is 35.7 Å². The Morgan fingerprint density at radius 2 is 2.24 bits per heavy atom. The molecule has 2 rings (SSSR count). The number of nitrogens with one attached hydrogen (secondary N) is 1. The Hall–Kier alpha value is -1.03. The van der Waals surface area contributed by atoms with Gasteiger partial charge in [-0.3, -0.25) is 0 Å². The first kappa shape index (κ1) is 12.4. The van der Waals surface area contributed by atoms with Crippen LogP contribution in [0.5, 0.6) is 0 Å². The molecule has 1 atom stereocenters. The maximum Gasteiger partial charge on any atom is 0.0728 e. The van der Waals surface area contributed by atoms with Gasteiger partial charge in [0, 0.05) is 22.1 Å². The monoisotopic (exact) mass is 266 g/mol. The van der Waals surface area contributed by atoms with E-state index in [4.69, 9.17) is 17.3 Å². The zero-order valence-electron chi connectivity index (χ0n) is 9.61. The van der Waals surface area contributed by atoms with Crippen LogP contribution in [0, 0.1) is 6.92 Å². The van der Waals surface area contributed by atoms with Gasteiger partial charge in [0.25, 0.3) is 0 Å². The van der Waals surface area contributed by atoms with Gasteiger partial charge in [-0.05, 0) is 36.1 Å². The van der Waals surface area contributed by atoms with Gasteiger partial charge in [-0.15, -0.1) is 11.3 Å². The lowest BCUT2D eigenvalue weighted by atomic mass is 10.1. The first-order valence-corrected chi connectivity index (χ1v) is 6.72. The second-order valence-electron chi connectivity index (χ2n) is 3.91. The molecule has 1 unspecified atom stereocenters. The summed E-state index contributed by atoms with van der Waals surface area (Å²) in [6.07, 6.45) is 0. The quantitative estimate of drug-likeness (QED) is 0.883. The fourth-order valence-electron chi connectivity index (χ4n) is 1.67. The van der Waals surface area contributed by atoms with Crippen molar-refractivity contribution in [1.29, 1.82) is 0 Å². The molecule has 0 bridgehead atoms. The molecule has 0 amide bonds.